The Balaban J connectivity index is 1.84. The van der Waals surface area contributed by atoms with Crippen molar-refractivity contribution in [2.45, 2.75) is 33.1 Å². The Morgan fingerprint density at radius 3 is 2.71 bits per heavy atom. The minimum atomic E-state index is -0.554. The second kappa shape index (κ2) is 9.13. The van der Waals surface area contributed by atoms with Crippen LogP contribution in [0.2, 0.25) is 0 Å². The van der Waals surface area contributed by atoms with Crippen LogP contribution in [0.3, 0.4) is 0 Å². The summed E-state index contributed by atoms with van der Waals surface area (Å²) in [6.45, 7) is 9.42. The van der Waals surface area contributed by atoms with E-state index in [0.29, 0.717) is 11.4 Å². The molecule has 3 N–H and O–H groups in total. The zero-order valence-corrected chi connectivity index (χ0v) is 18.0. The summed E-state index contributed by atoms with van der Waals surface area (Å²) < 4.78 is 0. The van der Waals surface area contributed by atoms with Gasteiger partial charge in [0.1, 0.15) is 12.2 Å². The number of amides is 1. The Hall–Kier alpha value is -3.46. The molecule has 0 saturated heterocycles. The van der Waals surface area contributed by atoms with Crippen LogP contribution in [0.5, 0.6) is 0 Å². The van der Waals surface area contributed by atoms with Gasteiger partial charge in [-0.2, -0.15) is 5.10 Å². The molecule has 0 aliphatic carbocycles. The fourth-order valence-corrected chi connectivity index (χ4v) is 3.95. The maximum atomic E-state index is 12.1. The molecule has 1 amide bonds. The van der Waals surface area contributed by atoms with Crippen LogP contribution in [-0.4, -0.2) is 51.6 Å². The van der Waals surface area contributed by atoms with Gasteiger partial charge in [0, 0.05) is 42.1 Å². The summed E-state index contributed by atoms with van der Waals surface area (Å²) in [6.07, 6.45) is 11.2. The lowest BCUT2D eigenvalue weighted by molar-refractivity contribution is -0.120. The van der Waals surface area contributed by atoms with Gasteiger partial charge in [0.15, 0.2) is 0 Å². The fourth-order valence-electron chi connectivity index (χ4n) is 3.95. The average Bonchev–Trinajstić information content (AvgIpc) is 3.51. The van der Waals surface area contributed by atoms with Crippen molar-refractivity contribution in [2.75, 3.05) is 19.6 Å². The number of hydrazone groups is 1. The van der Waals surface area contributed by atoms with Crippen LogP contribution in [0.25, 0.3) is 11.8 Å². The molecule has 0 aromatic carbocycles. The number of H-pyrrole nitrogens is 1. The van der Waals surface area contributed by atoms with E-state index in [1.165, 1.54) is 5.56 Å². The van der Waals surface area contributed by atoms with E-state index >= 15 is 0 Å². The highest BCUT2D eigenvalue weighted by atomic mass is 16.6. The SMILES string of the molecule is CCN(CC)CCc1c(C)[nH]c(=Cc2nccnc2C2C=NNC2=O)c1=C1C=CON1. The van der Waals surface area contributed by atoms with E-state index in [0.717, 1.165) is 48.0 Å². The number of hydroxylamine groups is 1. The van der Waals surface area contributed by atoms with Gasteiger partial charge >= 0.3 is 0 Å². The Labute approximate surface area is 180 Å². The van der Waals surface area contributed by atoms with E-state index in [2.05, 4.69) is 56.6 Å². The monoisotopic (exact) mass is 421 g/mol. The number of carbonyl (C=O) groups excluding carboxylic acids is 1. The van der Waals surface area contributed by atoms with Gasteiger partial charge in [0.25, 0.3) is 5.91 Å². The molecule has 1 atom stereocenters. The minimum absolute atomic E-state index is 0.207. The Bertz CT molecular complexity index is 1150. The number of hydrogen-bond donors (Lipinski definition) is 3. The lowest BCUT2D eigenvalue weighted by atomic mass is 10.0. The van der Waals surface area contributed by atoms with Gasteiger partial charge in [-0.1, -0.05) is 13.8 Å². The first-order valence-electron chi connectivity index (χ1n) is 10.5. The molecule has 1 unspecified atom stereocenters. The first-order chi connectivity index (χ1) is 15.1. The van der Waals surface area contributed by atoms with Crippen molar-refractivity contribution < 1.29 is 9.63 Å². The van der Waals surface area contributed by atoms with Gasteiger partial charge in [0.2, 0.25) is 0 Å². The zero-order valence-electron chi connectivity index (χ0n) is 18.0. The molecule has 0 radical (unpaired) electrons. The summed E-state index contributed by atoms with van der Waals surface area (Å²) in [4.78, 5) is 32.2. The molecule has 9 nitrogen and oxygen atoms in total. The summed E-state index contributed by atoms with van der Waals surface area (Å²) in [7, 11) is 0. The predicted octanol–water partition coefficient (Wildman–Crippen LogP) is 0.182. The number of hydrogen-bond acceptors (Lipinski definition) is 7. The van der Waals surface area contributed by atoms with Crippen LogP contribution >= 0.6 is 0 Å². The van der Waals surface area contributed by atoms with Gasteiger partial charge in [-0.15, -0.1) is 0 Å². The first kappa shape index (κ1) is 20.8. The van der Waals surface area contributed by atoms with Gasteiger partial charge in [-0.25, -0.2) is 10.9 Å². The van der Waals surface area contributed by atoms with Crippen molar-refractivity contribution in [2.24, 2.45) is 5.10 Å². The average molecular weight is 422 g/mol. The predicted molar refractivity (Wildman–Crippen MR) is 118 cm³/mol. The smallest absolute Gasteiger partial charge is 0.254 e. The molecule has 4 rings (SSSR count). The molecule has 0 bridgehead atoms. The molecule has 4 heterocycles. The zero-order chi connectivity index (χ0) is 21.8. The largest absolute Gasteiger partial charge is 0.390 e. The van der Waals surface area contributed by atoms with Gasteiger partial charge < -0.3 is 14.7 Å². The van der Waals surface area contributed by atoms with Crippen LogP contribution < -0.4 is 21.5 Å². The number of aryl methyl sites for hydroxylation is 1. The third-order valence-corrected chi connectivity index (χ3v) is 5.67. The molecule has 2 aliphatic rings. The van der Waals surface area contributed by atoms with E-state index in [4.69, 9.17) is 4.84 Å². The summed E-state index contributed by atoms with van der Waals surface area (Å²) in [5.74, 6) is -0.761. The number of nitrogens with zero attached hydrogens (tertiary/aromatic N) is 4. The maximum absolute atomic E-state index is 12.1. The summed E-state index contributed by atoms with van der Waals surface area (Å²) in [5.41, 5.74) is 9.83. The van der Waals surface area contributed by atoms with Crippen LogP contribution in [0.1, 0.15) is 42.4 Å². The van der Waals surface area contributed by atoms with Crippen molar-refractivity contribution >= 4 is 23.9 Å². The number of rotatable bonds is 7. The van der Waals surface area contributed by atoms with E-state index in [1.807, 2.05) is 12.2 Å². The van der Waals surface area contributed by atoms with Crippen molar-refractivity contribution in [3.05, 3.63) is 57.9 Å². The normalized spacial score (nSPS) is 19.8. The molecular weight excluding hydrogens is 394 g/mol. The quantitative estimate of drug-likeness (QED) is 0.589. The third kappa shape index (κ3) is 4.22. The van der Waals surface area contributed by atoms with E-state index in [-0.39, 0.29) is 5.91 Å². The van der Waals surface area contributed by atoms with Gasteiger partial charge in [-0.05, 0) is 38.1 Å². The molecule has 9 heteroatoms. The van der Waals surface area contributed by atoms with Crippen LogP contribution in [-0.2, 0) is 16.1 Å². The van der Waals surface area contributed by atoms with E-state index in [9.17, 15) is 4.79 Å². The molecule has 162 valence electrons. The highest BCUT2D eigenvalue weighted by molar-refractivity contribution is 6.02. The van der Waals surface area contributed by atoms with Crippen molar-refractivity contribution in [3.8, 4) is 0 Å². The number of aromatic nitrogens is 3. The Morgan fingerprint density at radius 2 is 2.03 bits per heavy atom. The summed E-state index contributed by atoms with van der Waals surface area (Å²) >= 11 is 0. The second-order valence-corrected chi connectivity index (χ2v) is 7.43. The summed E-state index contributed by atoms with van der Waals surface area (Å²) in [5, 5.41) is 5.80. The van der Waals surface area contributed by atoms with Gasteiger partial charge in [0.05, 0.1) is 22.4 Å². The van der Waals surface area contributed by atoms with E-state index < -0.39 is 5.92 Å². The first-order valence-corrected chi connectivity index (χ1v) is 10.5. The lowest BCUT2D eigenvalue weighted by Gasteiger charge is -2.17. The van der Waals surface area contributed by atoms with Crippen LogP contribution in [0.15, 0.2) is 29.8 Å². The topological polar surface area (TPSA) is 108 Å². The molecule has 31 heavy (non-hydrogen) atoms. The Morgan fingerprint density at radius 1 is 1.23 bits per heavy atom. The third-order valence-electron chi connectivity index (χ3n) is 5.67. The van der Waals surface area contributed by atoms with Crippen LogP contribution in [0, 0.1) is 6.92 Å². The number of carbonyl (C=O) groups is 1. The van der Waals surface area contributed by atoms with Crippen LogP contribution in [0.4, 0.5) is 0 Å². The maximum Gasteiger partial charge on any atom is 0.254 e. The highest BCUT2D eigenvalue weighted by Crippen LogP contribution is 2.18. The lowest BCUT2D eigenvalue weighted by Crippen LogP contribution is -2.33. The molecule has 0 fully saturated rings. The fraction of sp³-hybridized carbons (Fsp3) is 0.364. The van der Waals surface area contributed by atoms with Crippen molar-refractivity contribution in [3.63, 3.8) is 0 Å². The number of aromatic amines is 1. The molecule has 0 spiro atoms. The molecule has 2 aromatic rings. The van der Waals surface area contributed by atoms with Gasteiger partial charge in [-0.3, -0.25) is 14.8 Å². The number of likely N-dealkylation sites (N-methyl/N-ethyl adjacent to an activating group) is 1. The standard InChI is InChI=1S/C22H27N7O2/c1-4-29(5-2)10-6-15-14(3)26-18(20(15)17-7-11-31-28-17)12-19-21(24-9-8-23-19)16-13-25-27-22(16)30/h7-9,11-13,16,26,28H,4-6,10H2,1-3H3,(H,27,30). The highest BCUT2D eigenvalue weighted by Gasteiger charge is 2.26. The van der Waals surface area contributed by atoms with Crippen molar-refractivity contribution in [1.29, 1.82) is 0 Å². The second-order valence-electron chi connectivity index (χ2n) is 7.43. The molecule has 2 aromatic heterocycles. The molecule has 0 saturated carbocycles. The minimum Gasteiger partial charge on any atom is -0.390 e. The van der Waals surface area contributed by atoms with E-state index in [1.54, 1.807) is 24.9 Å². The molecular formula is C22H27N7O2. The van der Waals surface area contributed by atoms with Crippen molar-refractivity contribution in [1.82, 2.24) is 30.8 Å². The number of nitrogens with one attached hydrogen (secondary N) is 3. The Kier molecular flexibility index (Phi) is 6.13. The molecule has 2 aliphatic heterocycles. The summed E-state index contributed by atoms with van der Waals surface area (Å²) in [6, 6.07) is 0.